The Hall–Kier alpha value is -7.76. The average Bonchev–Trinajstić information content (AvgIpc) is 4.06. The second kappa shape index (κ2) is 15.0. The number of benzene rings is 10. The highest BCUT2D eigenvalue weighted by Crippen LogP contribution is 2.54. The molecule has 0 saturated carbocycles. The van der Waals surface area contributed by atoms with Gasteiger partial charge in [0, 0.05) is 62.5 Å². The van der Waals surface area contributed by atoms with Crippen LogP contribution in [0.1, 0.15) is 0 Å². The largest absolute Gasteiger partial charge is 0.455 e. The van der Waals surface area contributed by atoms with Crippen LogP contribution in [0.3, 0.4) is 0 Å². The molecule has 0 fully saturated rings. The van der Waals surface area contributed by atoms with Crippen molar-refractivity contribution in [1.82, 2.24) is 0 Å². The van der Waals surface area contributed by atoms with E-state index >= 15 is 0 Å². The van der Waals surface area contributed by atoms with Crippen molar-refractivity contribution in [3.05, 3.63) is 224 Å². The first kappa shape index (κ1) is 36.9. The second-order valence-corrected chi connectivity index (χ2v) is 18.5. The van der Waals surface area contributed by atoms with Gasteiger partial charge in [0.15, 0.2) is 0 Å². The summed E-state index contributed by atoms with van der Waals surface area (Å²) in [6.07, 6.45) is 0. The van der Waals surface area contributed by atoms with E-state index in [2.05, 4.69) is 229 Å². The van der Waals surface area contributed by atoms with Crippen LogP contribution in [-0.4, -0.2) is 0 Å². The fourth-order valence-corrected chi connectivity index (χ4v) is 12.1. The molecule has 13 aromatic rings. The molecule has 0 N–H and O–H groups in total. The van der Waals surface area contributed by atoms with Crippen LogP contribution < -0.4 is 4.90 Å². The van der Waals surface area contributed by atoms with E-state index in [1.165, 1.54) is 51.5 Å². The average molecular weight is 852 g/mol. The molecule has 0 aliphatic rings. The van der Waals surface area contributed by atoms with Gasteiger partial charge < -0.3 is 9.32 Å². The summed E-state index contributed by atoms with van der Waals surface area (Å²) in [6.45, 7) is 0. The normalized spacial score (nSPS) is 11.8. The second-order valence-electron chi connectivity index (χ2n) is 16.3. The molecule has 0 aliphatic carbocycles. The van der Waals surface area contributed by atoms with Crippen molar-refractivity contribution in [2.45, 2.75) is 0 Å². The molecule has 0 spiro atoms. The minimum atomic E-state index is 0.857. The van der Waals surface area contributed by atoms with Gasteiger partial charge in [0.2, 0.25) is 0 Å². The SMILES string of the molecule is c1ccc(-c2ccc3c(c2)oc2c(-c4ccccc4)ccc(N(c4ccc5c(c4)sc4ccccc45)c4c(-c5ccccc5)ccc5sc6c(-c7ccccc7)cccc6c45)c23)cc1. The van der Waals surface area contributed by atoms with Crippen LogP contribution in [0.2, 0.25) is 0 Å². The summed E-state index contributed by atoms with van der Waals surface area (Å²) in [5.74, 6) is 0. The maximum absolute atomic E-state index is 7.17. The molecular weight excluding hydrogens is 815 g/mol. The molecule has 0 saturated heterocycles. The predicted molar refractivity (Wildman–Crippen MR) is 276 cm³/mol. The van der Waals surface area contributed by atoms with Crippen molar-refractivity contribution in [2.24, 2.45) is 0 Å². The van der Waals surface area contributed by atoms with E-state index in [0.717, 1.165) is 72.4 Å². The minimum Gasteiger partial charge on any atom is -0.455 e. The fraction of sp³-hybridized carbons (Fsp3) is 0. The topological polar surface area (TPSA) is 16.4 Å². The lowest BCUT2D eigenvalue weighted by molar-refractivity contribution is 0.670. The van der Waals surface area contributed by atoms with Gasteiger partial charge in [-0.15, -0.1) is 22.7 Å². The minimum absolute atomic E-state index is 0.857. The van der Waals surface area contributed by atoms with E-state index in [9.17, 15) is 0 Å². The van der Waals surface area contributed by atoms with Gasteiger partial charge in [0.1, 0.15) is 11.2 Å². The molecule has 4 heteroatoms. The summed E-state index contributed by atoms with van der Waals surface area (Å²) in [7, 11) is 0. The molecule has 0 aliphatic heterocycles. The van der Waals surface area contributed by atoms with E-state index in [1.54, 1.807) is 0 Å². The van der Waals surface area contributed by atoms with Gasteiger partial charge in [-0.1, -0.05) is 176 Å². The first-order valence-corrected chi connectivity index (χ1v) is 23.3. The van der Waals surface area contributed by atoms with Crippen LogP contribution in [0.4, 0.5) is 17.1 Å². The first-order valence-electron chi connectivity index (χ1n) is 21.7. The Bertz CT molecular complexity index is 3890. The molecule has 0 unspecified atom stereocenters. The molecule has 3 aromatic heterocycles. The summed E-state index contributed by atoms with van der Waals surface area (Å²) < 4.78 is 12.2. The Balaban J connectivity index is 1.18. The lowest BCUT2D eigenvalue weighted by Crippen LogP contribution is -2.12. The maximum atomic E-state index is 7.17. The molecule has 13 rings (SSSR count). The van der Waals surface area contributed by atoms with Gasteiger partial charge >= 0.3 is 0 Å². The molecule has 64 heavy (non-hydrogen) atoms. The van der Waals surface area contributed by atoms with Crippen molar-refractivity contribution in [1.29, 1.82) is 0 Å². The van der Waals surface area contributed by atoms with Crippen molar-refractivity contribution >= 4 is 102 Å². The lowest BCUT2D eigenvalue weighted by Gasteiger charge is -2.30. The van der Waals surface area contributed by atoms with Crippen LogP contribution in [-0.2, 0) is 0 Å². The number of thiophene rings is 2. The van der Waals surface area contributed by atoms with Gasteiger partial charge in [0.25, 0.3) is 0 Å². The van der Waals surface area contributed by atoms with Crippen LogP contribution >= 0.6 is 22.7 Å². The van der Waals surface area contributed by atoms with Crippen LogP contribution in [0.15, 0.2) is 229 Å². The summed E-state index contributed by atoms with van der Waals surface area (Å²) in [4.78, 5) is 2.55. The number of nitrogens with zero attached hydrogens (tertiary/aromatic N) is 1. The Morgan fingerprint density at radius 1 is 0.344 bits per heavy atom. The van der Waals surface area contributed by atoms with Crippen molar-refractivity contribution in [2.75, 3.05) is 4.90 Å². The van der Waals surface area contributed by atoms with Crippen LogP contribution in [0.5, 0.6) is 0 Å². The predicted octanol–water partition coefficient (Wildman–Crippen LogP) is 18.5. The smallest absolute Gasteiger partial charge is 0.145 e. The number of hydrogen-bond donors (Lipinski definition) is 0. The highest BCUT2D eigenvalue weighted by molar-refractivity contribution is 7.26. The summed E-state index contributed by atoms with van der Waals surface area (Å²) >= 11 is 3.73. The molecule has 300 valence electrons. The van der Waals surface area contributed by atoms with Crippen molar-refractivity contribution in [3.63, 3.8) is 0 Å². The van der Waals surface area contributed by atoms with Gasteiger partial charge in [-0.3, -0.25) is 0 Å². The first-order chi connectivity index (χ1) is 31.7. The van der Waals surface area contributed by atoms with E-state index in [-0.39, 0.29) is 0 Å². The fourth-order valence-electron chi connectivity index (χ4n) is 9.75. The maximum Gasteiger partial charge on any atom is 0.145 e. The van der Waals surface area contributed by atoms with E-state index in [4.69, 9.17) is 4.42 Å². The Morgan fingerprint density at radius 2 is 0.953 bits per heavy atom. The Labute approximate surface area is 378 Å². The van der Waals surface area contributed by atoms with Gasteiger partial charge in [0.05, 0.1) is 16.8 Å². The quantitative estimate of drug-likeness (QED) is 0.159. The van der Waals surface area contributed by atoms with Crippen LogP contribution in [0.25, 0.3) is 107 Å². The summed E-state index contributed by atoms with van der Waals surface area (Å²) in [5.41, 5.74) is 14.3. The number of fused-ring (bicyclic) bond motifs is 9. The van der Waals surface area contributed by atoms with Gasteiger partial charge in [-0.25, -0.2) is 0 Å². The van der Waals surface area contributed by atoms with E-state index < -0.39 is 0 Å². The molecule has 3 heterocycles. The zero-order valence-corrected chi connectivity index (χ0v) is 36.2. The zero-order chi connectivity index (χ0) is 42.1. The Morgan fingerprint density at radius 3 is 1.70 bits per heavy atom. The molecule has 10 aromatic carbocycles. The molecule has 0 amide bonds. The summed E-state index contributed by atoms with van der Waals surface area (Å²) in [5, 5.41) is 7.18. The highest BCUT2D eigenvalue weighted by atomic mass is 32.1. The standard InChI is InChI=1S/C60H37NOS2/c1-5-16-38(17-6-1)42-28-30-49-52(36-42)62-59-45(40-20-9-3-10-21-40)32-34-51(56(49)59)61(43-29-31-48-47-24-13-14-27-53(47)63-55(48)37-43)58-44(39-18-7-2-8-19-39)33-35-54-57(58)50-26-15-25-46(60(50)64-54)41-22-11-4-12-23-41/h1-37H. The monoisotopic (exact) mass is 851 g/mol. The number of rotatable bonds is 7. The van der Waals surface area contributed by atoms with E-state index in [0.29, 0.717) is 0 Å². The molecular formula is C60H37NOS2. The summed E-state index contributed by atoms with van der Waals surface area (Å²) in [6, 6.07) is 81.6. The van der Waals surface area contributed by atoms with Crippen molar-refractivity contribution < 1.29 is 4.42 Å². The third-order valence-electron chi connectivity index (χ3n) is 12.7. The number of furan rings is 1. The molecule has 0 atom stereocenters. The van der Waals surface area contributed by atoms with Gasteiger partial charge in [-0.05, 0) is 81.9 Å². The number of hydrogen-bond acceptors (Lipinski definition) is 4. The lowest BCUT2D eigenvalue weighted by atomic mass is 9.95. The molecule has 2 nitrogen and oxygen atoms in total. The molecule has 0 bridgehead atoms. The number of anilines is 3. The van der Waals surface area contributed by atoms with Crippen molar-refractivity contribution in [3.8, 4) is 44.5 Å². The highest BCUT2D eigenvalue weighted by Gasteiger charge is 2.28. The zero-order valence-electron chi connectivity index (χ0n) is 34.5. The van der Waals surface area contributed by atoms with E-state index in [1.807, 2.05) is 22.7 Å². The molecule has 0 radical (unpaired) electrons. The van der Waals surface area contributed by atoms with Gasteiger partial charge in [-0.2, -0.15) is 0 Å². The third-order valence-corrected chi connectivity index (χ3v) is 15.0. The third kappa shape index (κ3) is 5.91. The Kier molecular flexibility index (Phi) is 8.61. The van der Waals surface area contributed by atoms with Crippen LogP contribution in [0, 0.1) is 0 Å².